The van der Waals surface area contributed by atoms with Gasteiger partial charge in [-0.2, -0.15) is 0 Å². The molecule has 0 spiro atoms. The van der Waals surface area contributed by atoms with Gasteiger partial charge in [0.1, 0.15) is 11.5 Å². The molecule has 0 saturated heterocycles. The van der Waals surface area contributed by atoms with Crippen LogP contribution in [-0.2, 0) is 4.79 Å². The van der Waals surface area contributed by atoms with Crippen molar-refractivity contribution in [1.82, 2.24) is 4.98 Å². The first kappa shape index (κ1) is 13.6. The number of carbonyl (C=O) groups is 1. The molecule has 1 atom stereocenters. The summed E-state index contributed by atoms with van der Waals surface area (Å²) in [6, 6.07) is 7.17. The Morgan fingerprint density at radius 3 is 2.74 bits per heavy atom. The summed E-state index contributed by atoms with van der Waals surface area (Å²) in [5.41, 5.74) is 1.24. The molecule has 1 N–H and O–H groups in total. The highest BCUT2D eigenvalue weighted by Gasteiger charge is 2.20. The van der Waals surface area contributed by atoms with Crippen molar-refractivity contribution in [1.29, 1.82) is 0 Å². The van der Waals surface area contributed by atoms with Crippen LogP contribution in [0.1, 0.15) is 31.9 Å². The molecule has 0 aliphatic rings. The van der Waals surface area contributed by atoms with Crippen molar-refractivity contribution in [3.8, 4) is 11.3 Å². The van der Waals surface area contributed by atoms with E-state index in [1.54, 1.807) is 12.1 Å². The molecule has 0 aliphatic carbocycles. The molecule has 1 aromatic heterocycles. The van der Waals surface area contributed by atoms with E-state index in [1.165, 1.54) is 6.92 Å². The highest BCUT2D eigenvalue weighted by molar-refractivity contribution is 6.33. The average Bonchev–Trinajstić information content (AvgIpc) is 2.71. The van der Waals surface area contributed by atoms with Crippen LogP contribution in [0.15, 0.2) is 33.5 Å². The highest BCUT2D eigenvalue weighted by atomic mass is 35.5. The van der Waals surface area contributed by atoms with E-state index < -0.39 is 5.76 Å². The van der Waals surface area contributed by atoms with Gasteiger partial charge in [-0.3, -0.25) is 4.98 Å². The van der Waals surface area contributed by atoms with Crippen LogP contribution in [0.3, 0.4) is 0 Å². The zero-order valence-corrected chi connectivity index (χ0v) is 11.5. The van der Waals surface area contributed by atoms with Crippen molar-refractivity contribution >= 4 is 17.4 Å². The fourth-order valence-electron chi connectivity index (χ4n) is 2.07. The number of hydrogen-bond donors (Lipinski definition) is 1. The number of halogens is 1. The van der Waals surface area contributed by atoms with Crippen molar-refractivity contribution in [3.63, 3.8) is 0 Å². The van der Waals surface area contributed by atoms with Crippen LogP contribution in [0.4, 0.5) is 0 Å². The van der Waals surface area contributed by atoms with Crippen LogP contribution in [0, 0.1) is 0 Å². The van der Waals surface area contributed by atoms with Crippen molar-refractivity contribution in [3.05, 3.63) is 45.6 Å². The van der Waals surface area contributed by atoms with Crippen molar-refractivity contribution in [2.45, 2.75) is 26.2 Å². The summed E-state index contributed by atoms with van der Waals surface area (Å²) in [6.45, 7) is 3.35. The van der Waals surface area contributed by atoms with Gasteiger partial charge in [-0.15, -0.1) is 0 Å². The third-order valence-electron chi connectivity index (χ3n) is 2.86. The first-order chi connectivity index (χ1) is 8.99. The van der Waals surface area contributed by atoms with Crippen LogP contribution in [-0.4, -0.2) is 10.8 Å². The number of aromatic nitrogens is 1. The topological polar surface area (TPSA) is 63.1 Å². The Morgan fingerprint density at radius 2 is 2.11 bits per heavy atom. The third-order valence-corrected chi connectivity index (χ3v) is 3.19. The van der Waals surface area contributed by atoms with E-state index in [1.807, 2.05) is 19.1 Å². The van der Waals surface area contributed by atoms with Crippen LogP contribution in [0.2, 0.25) is 5.02 Å². The van der Waals surface area contributed by atoms with E-state index >= 15 is 0 Å². The summed E-state index contributed by atoms with van der Waals surface area (Å²) < 4.78 is 5.16. The van der Waals surface area contributed by atoms with Gasteiger partial charge in [0, 0.05) is 17.9 Å². The molecular formula is C14H14ClNO3. The predicted octanol–water partition coefficient (Wildman–Crippen LogP) is 3.37. The van der Waals surface area contributed by atoms with E-state index in [0.29, 0.717) is 28.5 Å². The number of nitrogens with one attached hydrogen (secondary N) is 1. The number of hydrogen-bond acceptors (Lipinski definition) is 3. The molecule has 0 saturated carbocycles. The van der Waals surface area contributed by atoms with Gasteiger partial charge in [0.25, 0.3) is 0 Å². The fraction of sp³-hybridized carbons (Fsp3) is 0.286. The first-order valence-electron chi connectivity index (χ1n) is 5.96. The normalized spacial score (nSPS) is 12.4. The first-order valence-corrected chi connectivity index (χ1v) is 6.34. The minimum Gasteiger partial charge on any atom is -0.412 e. The smallest absolute Gasteiger partial charge is 0.412 e. The molecule has 4 nitrogen and oxygen atoms in total. The lowest BCUT2D eigenvalue weighted by atomic mass is 9.98. The number of H-pyrrole nitrogens is 1. The molecular weight excluding hydrogens is 266 g/mol. The third kappa shape index (κ3) is 2.96. The molecule has 0 aliphatic heterocycles. The van der Waals surface area contributed by atoms with Crippen LogP contribution < -0.4 is 5.76 Å². The molecule has 19 heavy (non-hydrogen) atoms. The molecule has 2 aromatic rings. The molecule has 1 heterocycles. The lowest BCUT2D eigenvalue weighted by Gasteiger charge is -2.09. The maximum Gasteiger partial charge on any atom is 0.416 e. The average molecular weight is 280 g/mol. The maximum absolute atomic E-state index is 11.4. The van der Waals surface area contributed by atoms with E-state index in [-0.39, 0.29) is 11.7 Å². The van der Waals surface area contributed by atoms with Crippen LogP contribution >= 0.6 is 11.6 Å². The Kier molecular flexibility index (Phi) is 3.90. The zero-order chi connectivity index (χ0) is 14.0. The van der Waals surface area contributed by atoms with Crippen molar-refractivity contribution in [2.75, 3.05) is 0 Å². The van der Waals surface area contributed by atoms with Gasteiger partial charge in [0.15, 0.2) is 0 Å². The fourth-order valence-corrected chi connectivity index (χ4v) is 2.31. The summed E-state index contributed by atoms with van der Waals surface area (Å²) in [7, 11) is 0. The summed E-state index contributed by atoms with van der Waals surface area (Å²) in [5.74, 6) is -0.210. The van der Waals surface area contributed by atoms with Gasteiger partial charge < -0.3 is 9.21 Å². The van der Waals surface area contributed by atoms with Crippen molar-refractivity contribution < 1.29 is 9.21 Å². The molecule has 2 rings (SSSR count). The van der Waals surface area contributed by atoms with Gasteiger partial charge in [-0.1, -0.05) is 36.7 Å². The summed E-state index contributed by atoms with van der Waals surface area (Å²) in [6.07, 6.45) is 0.318. The molecule has 0 radical (unpaired) electrons. The SMILES string of the molecule is CC(=O)CC(C)c1oc(=O)[nH]c1-c1ccccc1Cl. The quantitative estimate of drug-likeness (QED) is 0.933. The molecule has 0 amide bonds. The number of carbonyl (C=O) groups excluding carboxylic acids is 1. The number of rotatable bonds is 4. The number of oxazole rings is 1. The standard InChI is InChI=1S/C14H14ClNO3/c1-8(7-9(2)17)13-12(16-14(18)19-13)10-5-3-4-6-11(10)15/h3-6,8H,7H2,1-2H3,(H,16,18). The molecule has 100 valence electrons. The number of Topliss-reactive ketones (excluding diaryl/α,β-unsaturated/α-hetero) is 1. The summed E-state index contributed by atoms with van der Waals surface area (Å²) in [4.78, 5) is 25.3. The molecule has 0 fully saturated rings. The van der Waals surface area contributed by atoms with Gasteiger partial charge in [-0.25, -0.2) is 4.79 Å². The number of aromatic amines is 1. The lowest BCUT2D eigenvalue weighted by molar-refractivity contribution is -0.117. The van der Waals surface area contributed by atoms with E-state index in [4.69, 9.17) is 16.0 Å². The van der Waals surface area contributed by atoms with Crippen LogP contribution in [0.5, 0.6) is 0 Å². The summed E-state index contributed by atoms with van der Waals surface area (Å²) in [5, 5.41) is 0.524. The Balaban J connectivity index is 2.50. The molecule has 0 bridgehead atoms. The van der Waals surface area contributed by atoms with Crippen LogP contribution in [0.25, 0.3) is 11.3 Å². The van der Waals surface area contributed by atoms with Gasteiger partial charge in [0.05, 0.1) is 10.7 Å². The summed E-state index contributed by atoms with van der Waals surface area (Å²) >= 11 is 6.12. The maximum atomic E-state index is 11.4. The second-order valence-electron chi connectivity index (χ2n) is 4.54. The molecule has 1 aromatic carbocycles. The van der Waals surface area contributed by atoms with E-state index in [9.17, 15) is 9.59 Å². The Morgan fingerprint density at radius 1 is 1.42 bits per heavy atom. The second kappa shape index (κ2) is 5.45. The largest absolute Gasteiger partial charge is 0.416 e. The van der Waals surface area contributed by atoms with Gasteiger partial charge >= 0.3 is 5.76 Å². The molecule has 1 unspecified atom stereocenters. The Hall–Kier alpha value is -1.81. The number of ketones is 1. The van der Waals surface area contributed by atoms with Gasteiger partial charge in [0.2, 0.25) is 0 Å². The highest BCUT2D eigenvalue weighted by Crippen LogP contribution is 2.32. The predicted molar refractivity (Wildman–Crippen MR) is 73.5 cm³/mol. The molecule has 5 heteroatoms. The lowest BCUT2D eigenvalue weighted by Crippen LogP contribution is -2.01. The second-order valence-corrected chi connectivity index (χ2v) is 4.95. The number of benzene rings is 1. The Labute approximate surface area is 115 Å². The minimum atomic E-state index is -0.541. The Bertz CT molecular complexity index is 657. The van der Waals surface area contributed by atoms with Crippen molar-refractivity contribution in [2.24, 2.45) is 0 Å². The minimum absolute atomic E-state index is 0.0430. The van der Waals surface area contributed by atoms with E-state index in [2.05, 4.69) is 4.98 Å². The van der Waals surface area contributed by atoms with E-state index in [0.717, 1.165) is 0 Å². The zero-order valence-electron chi connectivity index (χ0n) is 10.7. The van der Waals surface area contributed by atoms with Gasteiger partial charge in [-0.05, 0) is 13.0 Å². The monoisotopic (exact) mass is 279 g/mol.